The number of anilines is 1. The molecule has 0 spiro atoms. The summed E-state index contributed by atoms with van der Waals surface area (Å²) in [7, 11) is 0. The van der Waals surface area contributed by atoms with Crippen molar-refractivity contribution >= 4 is 17.7 Å². The van der Waals surface area contributed by atoms with Gasteiger partial charge in [-0.1, -0.05) is 19.1 Å². The van der Waals surface area contributed by atoms with Crippen molar-refractivity contribution in [2.45, 2.75) is 45.7 Å². The van der Waals surface area contributed by atoms with E-state index in [4.69, 9.17) is 5.11 Å². The summed E-state index contributed by atoms with van der Waals surface area (Å²) >= 11 is 0. The molecule has 1 fully saturated rings. The largest absolute Gasteiger partial charge is 0.480 e. The van der Waals surface area contributed by atoms with E-state index >= 15 is 0 Å². The average Bonchev–Trinajstić information content (AvgIpc) is 2.94. The third-order valence-electron chi connectivity index (χ3n) is 4.96. The highest BCUT2D eigenvalue weighted by Crippen LogP contribution is 2.26. The molecule has 1 aliphatic rings. The number of aliphatic carboxylic acids is 1. The fourth-order valence-electron chi connectivity index (χ4n) is 3.53. The second-order valence-corrected chi connectivity index (χ2v) is 7.01. The van der Waals surface area contributed by atoms with Crippen LogP contribution in [0.15, 0.2) is 24.3 Å². The number of nitrogens with zero attached hydrogens (tertiary/aromatic N) is 4. The first-order valence-electron chi connectivity index (χ1n) is 9.40. The van der Waals surface area contributed by atoms with Crippen LogP contribution < -0.4 is 10.6 Å². The molecule has 0 saturated heterocycles. The van der Waals surface area contributed by atoms with Crippen molar-refractivity contribution in [3.8, 4) is 5.69 Å². The van der Waals surface area contributed by atoms with Crippen molar-refractivity contribution < 1.29 is 14.7 Å². The van der Waals surface area contributed by atoms with E-state index in [0.29, 0.717) is 18.1 Å². The quantitative estimate of drug-likeness (QED) is 0.670. The van der Waals surface area contributed by atoms with Gasteiger partial charge in [-0.15, -0.1) is 0 Å². The molecular formula is C19H26N6O3. The molecule has 9 nitrogen and oxygen atoms in total. The first-order chi connectivity index (χ1) is 13.4. The molecular weight excluding hydrogens is 360 g/mol. The lowest BCUT2D eigenvalue weighted by Crippen LogP contribution is -2.55. The Labute approximate surface area is 163 Å². The van der Waals surface area contributed by atoms with Gasteiger partial charge in [0.05, 0.1) is 17.9 Å². The number of aryl methyl sites for hydroxylation is 2. The number of benzene rings is 1. The van der Waals surface area contributed by atoms with Crippen LogP contribution in [0.2, 0.25) is 0 Å². The maximum Gasteiger partial charge on any atom is 0.319 e. The van der Waals surface area contributed by atoms with Gasteiger partial charge in [0.1, 0.15) is 11.6 Å². The summed E-state index contributed by atoms with van der Waals surface area (Å²) in [4.78, 5) is 29.6. The minimum Gasteiger partial charge on any atom is -0.480 e. The lowest BCUT2D eigenvalue weighted by atomic mass is 9.85. The van der Waals surface area contributed by atoms with Crippen LogP contribution >= 0.6 is 0 Å². The zero-order valence-corrected chi connectivity index (χ0v) is 16.3. The molecule has 1 aromatic heterocycles. The Balaban J connectivity index is 1.58. The van der Waals surface area contributed by atoms with Crippen LogP contribution in [0, 0.1) is 13.8 Å². The van der Waals surface area contributed by atoms with Gasteiger partial charge in [-0.3, -0.25) is 9.69 Å². The fourth-order valence-corrected chi connectivity index (χ4v) is 3.53. The van der Waals surface area contributed by atoms with E-state index < -0.39 is 5.97 Å². The number of amides is 2. The van der Waals surface area contributed by atoms with Gasteiger partial charge in [0.15, 0.2) is 0 Å². The predicted molar refractivity (Wildman–Crippen MR) is 105 cm³/mol. The van der Waals surface area contributed by atoms with E-state index in [-0.39, 0.29) is 24.7 Å². The molecule has 0 radical (unpaired) electrons. The number of hydrogen-bond donors (Lipinski definition) is 3. The minimum absolute atomic E-state index is 0.0319. The SMILES string of the molecule is CCN(CC(=O)O)C1CC(NC(=O)Nc2ccccc2-n2nc(C)nc2C)C1. The van der Waals surface area contributed by atoms with Gasteiger partial charge in [0.25, 0.3) is 0 Å². The Morgan fingerprint density at radius 1 is 1.29 bits per heavy atom. The third kappa shape index (κ3) is 4.48. The van der Waals surface area contributed by atoms with Crippen molar-refractivity contribution in [3.05, 3.63) is 35.9 Å². The Morgan fingerprint density at radius 3 is 2.61 bits per heavy atom. The zero-order valence-electron chi connectivity index (χ0n) is 16.3. The van der Waals surface area contributed by atoms with E-state index in [9.17, 15) is 9.59 Å². The molecule has 28 heavy (non-hydrogen) atoms. The monoisotopic (exact) mass is 386 g/mol. The van der Waals surface area contributed by atoms with Gasteiger partial charge in [0.2, 0.25) is 0 Å². The molecule has 3 rings (SSSR count). The summed E-state index contributed by atoms with van der Waals surface area (Å²) in [5, 5.41) is 19.2. The molecule has 1 aliphatic carbocycles. The molecule has 0 atom stereocenters. The number of hydrogen-bond acceptors (Lipinski definition) is 5. The van der Waals surface area contributed by atoms with Crippen LogP contribution in [0.5, 0.6) is 0 Å². The number of urea groups is 1. The maximum absolute atomic E-state index is 12.4. The molecule has 0 bridgehead atoms. The van der Waals surface area contributed by atoms with Crippen LogP contribution in [0.25, 0.3) is 5.69 Å². The number of rotatable bonds is 7. The van der Waals surface area contributed by atoms with Crippen LogP contribution in [0.4, 0.5) is 10.5 Å². The van der Waals surface area contributed by atoms with Crippen molar-refractivity contribution in [1.29, 1.82) is 0 Å². The summed E-state index contributed by atoms with van der Waals surface area (Å²) in [6, 6.07) is 7.37. The Morgan fingerprint density at radius 2 is 2.00 bits per heavy atom. The molecule has 1 saturated carbocycles. The minimum atomic E-state index is -0.828. The lowest BCUT2D eigenvalue weighted by Gasteiger charge is -2.42. The van der Waals surface area contributed by atoms with Gasteiger partial charge < -0.3 is 15.7 Å². The summed E-state index contributed by atoms with van der Waals surface area (Å²) in [5.41, 5.74) is 1.39. The van der Waals surface area contributed by atoms with E-state index in [1.165, 1.54) is 0 Å². The first-order valence-corrected chi connectivity index (χ1v) is 9.40. The number of aromatic nitrogens is 3. The molecule has 3 N–H and O–H groups in total. The Bertz CT molecular complexity index is 859. The highest BCUT2D eigenvalue weighted by atomic mass is 16.4. The standard InChI is InChI=1S/C19H26N6O3/c1-4-24(11-18(26)27)15-9-14(10-15)21-19(28)22-16-7-5-6-8-17(16)25-13(3)20-12(2)23-25/h5-8,14-15H,4,9-11H2,1-3H3,(H,26,27)(H2,21,22,28). The lowest BCUT2D eigenvalue weighted by molar-refractivity contribution is -0.139. The number of carbonyl (C=O) groups excluding carboxylic acids is 1. The molecule has 0 aliphatic heterocycles. The molecule has 1 aromatic carbocycles. The topological polar surface area (TPSA) is 112 Å². The number of carboxylic acid groups (broad SMARTS) is 1. The summed E-state index contributed by atoms with van der Waals surface area (Å²) < 4.78 is 1.70. The molecule has 2 aromatic rings. The van der Waals surface area contributed by atoms with Gasteiger partial charge in [0, 0.05) is 12.1 Å². The summed E-state index contributed by atoms with van der Waals surface area (Å²) in [6.07, 6.45) is 1.50. The molecule has 0 unspecified atom stereocenters. The fraction of sp³-hybridized carbons (Fsp3) is 0.474. The molecule has 1 heterocycles. The van der Waals surface area contributed by atoms with E-state index in [1.54, 1.807) is 4.68 Å². The number of nitrogens with one attached hydrogen (secondary N) is 2. The van der Waals surface area contributed by atoms with Crippen LogP contribution in [0.1, 0.15) is 31.4 Å². The second-order valence-electron chi connectivity index (χ2n) is 7.01. The van der Waals surface area contributed by atoms with Crippen molar-refractivity contribution in [2.24, 2.45) is 0 Å². The Kier molecular flexibility index (Phi) is 5.93. The second kappa shape index (κ2) is 8.39. The number of carboxylic acids is 1. The average molecular weight is 386 g/mol. The predicted octanol–water partition coefficient (Wildman–Crippen LogP) is 1.94. The van der Waals surface area contributed by atoms with Crippen molar-refractivity contribution in [1.82, 2.24) is 25.0 Å². The van der Waals surface area contributed by atoms with Gasteiger partial charge in [-0.05, 0) is 45.4 Å². The smallest absolute Gasteiger partial charge is 0.319 e. The number of carbonyl (C=O) groups is 2. The number of para-hydroxylation sites is 2. The van der Waals surface area contributed by atoms with E-state index in [1.807, 2.05) is 49.9 Å². The first kappa shape index (κ1) is 19.8. The van der Waals surface area contributed by atoms with Crippen LogP contribution in [-0.2, 0) is 4.79 Å². The molecule has 150 valence electrons. The normalized spacial score (nSPS) is 18.6. The third-order valence-corrected chi connectivity index (χ3v) is 4.96. The van der Waals surface area contributed by atoms with E-state index in [0.717, 1.165) is 24.4 Å². The number of likely N-dealkylation sites (N-methyl/N-ethyl adjacent to an activating group) is 1. The highest BCUT2D eigenvalue weighted by molar-refractivity contribution is 5.91. The van der Waals surface area contributed by atoms with Crippen molar-refractivity contribution in [2.75, 3.05) is 18.4 Å². The summed E-state index contributed by atoms with van der Waals surface area (Å²) in [5.74, 6) is 0.581. The van der Waals surface area contributed by atoms with Crippen molar-refractivity contribution in [3.63, 3.8) is 0 Å². The van der Waals surface area contributed by atoms with Gasteiger partial charge in [-0.2, -0.15) is 5.10 Å². The van der Waals surface area contributed by atoms with Crippen LogP contribution in [-0.4, -0.2) is 61.9 Å². The van der Waals surface area contributed by atoms with E-state index in [2.05, 4.69) is 20.7 Å². The Hall–Kier alpha value is -2.94. The molecule has 2 amide bonds. The zero-order chi connectivity index (χ0) is 20.3. The van der Waals surface area contributed by atoms with Gasteiger partial charge >= 0.3 is 12.0 Å². The van der Waals surface area contributed by atoms with Crippen LogP contribution in [0.3, 0.4) is 0 Å². The maximum atomic E-state index is 12.4. The molecule has 9 heteroatoms. The summed E-state index contributed by atoms with van der Waals surface area (Å²) in [6.45, 7) is 6.34. The highest BCUT2D eigenvalue weighted by Gasteiger charge is 2.34. The van der Waals surface area contributed by atoms with Gasteiger partial charge in [-0.25, -0.2) is 14.5 Å².